The number of hydrogen-bond donors (Lipinski definition) is 0. The predicted octanol–water partition coefficient (Wildman–Crippen LogP) is 1.92. The highest BCUT2D eigenvalue weighted by Crippen LogP contribution is 2.27. The van der Waals surface area contributed by atoms with Gasteiger partial charge in [0.15, 0.2) is 0 Å². The first kappa shape index (κ1) is 9.35. The van der Waals surface area contributed by atoms with Gasteiger partial charge < -0.3 is 4.74 Å². The number of benzene rings is 1. The lowest BCUT2D eigenvalue weighted by atomic mass is 10.3. The standard InChI is InChI=1S/C11H8N2O2S/c1-15-7-2-3-8-9(6-7)16-10-4-5-12-11(14)13(8)10/h2-6H,1H3. The van der Waals surface area contributed by atoms with Crippen molar-refractivity contribution in [3.05, 3.63) is 40.9 Å². The number of fused-ring (bicyclic) bond motifs is 3. The van der Waals surface area contributed by atoms with E-state index in [0.29, 0.717) is 0 Å². The van der Waals surface area contributed by atoms with E-state index in [2.05, 4.69) is 4.98 Å². The average molecular weight is 232 g/mol. The van der Waals surface area contributed by atoms with Gasteiger partial charge in [0.2, 0.25) is 0 Å². The SMILES string of the molecule is COc1ccc2c(c1)sc1ccnc(=O)n12. The van der Waals surface area contributed by atoms with E-state index >= 15 is 0 Å². The molecule has 0 saturated carbocycles. The number of methoxy groups -OCH3 is 1. The number of ether oxygens (including phenoxy) is 1. The van der Waals surface area contributed by atoms with Crippen LogP contribution >= 0.6 is 11.3 Å². The third kappa shape index (κ3) is 1.22. The topological polar surface area (TPSA) is 43.6 Å². The summed E-state index contributed by atoms with van der Waals surface area (Å²) < 4.78 is 7.78. The van der Waals surface area contributed by atoms with Gasteiger partial charge in [-0.25, -0.2) is 9.78 Å². The van der Waals surface area contributed by atoms with Gasteiger partial charge in [-0.2, -0.15) is 0 Å². The molecule has 16 heavy (non-hydrogen) atoms. The minimum absolute atomic E-state index is 0.242. The quantitative estimate of drug-likeness (QED) is 0.643. The van der Waals surface area contributed by atoms with Crippen LogP contribution in [0.1, 0.15) is 0 Å². The minimum Gasteiger partial charge on any atom is -0.497 e. The Kier molecular flexibility index (Phi) is 1.94. The molecule has 0 aliphatic carbocycles. The Hall–Kier alpha value is -1.88. The molecule has 0 N–H and O–H groups in total. The molecule has 0 unspecified atom stereocenters. The molecule has 4 nitrogen and oxygen atoms in total. The molecule has 1 aromatic carbocycles. The number of thiazole rings is 1. The molecule has 2 aromatic heterocycles. The molecule has 5 heteroatoms. The first-order chi connectivity index (χ1) is 7.79. The molecule has 0 aliphatic rings. The molecule has 0 amide bonds. The van der Waals surface area contributed by atoms with E-state index in [9.17, 15) is 4.79 Å². The third-order valence-corrected chi connectivity index (χ3v) is 3.51. The van der Waals surface area contributed by atoms with Crippen LogP contribution in [0.15, 0.2) is 35.3 Å². The van der Waals surface area contributed by atoms with Crippen molar-refractivity contribution in [1.29, 1.82) is 0 Å². The van der Waals surface area contributed by atoms with Crippen molar-refractivity contribution < 1.29 is 4.74 Å². The van der Waals surface area contributed by atoms with Gasteiger partial charge in [-0.3, -0.25) is 4.40 Å². The lowest BCUT2D eigenvalue weighted by molar-refractivity contribution is 0.415. The second kappa shape index (κ2) is 3.31. The summed E-state index contributed by atoms with van der Waals surface area (Å²) in [4.78, 5) is 16.3. The van der Waals surface area contributed by atoms with E-state index in [0.717, 1.165) is 20.8 Å². The van der Waals surface area contributed by atoms with Crippen molar-refractivity contribution in [3.8, 4) is 5.75 Å². The number of nitrogens with zero attached hydrogens (tertiary/aromatic N) is 2. The summed E-state index contributed by atoms with van der Waals surface area (Å²) >= 11 is 1.55. The molecule has 0 bridgehead atoms. The molecule has 3 aromatic rings. The molecule has 0 radical (unpaired) electrons. The van der Waals surface area contributed by atoms with E-state index < -0.39 is 0 Å². The maximum atomic E-state index is 11.6. The van der Waals surface area contributed by atoms with Crippen molar-refractivity contribution in [1.82, 2.24) is 9.38 Å². The summed E-state index contributed by atoms with van der Waals surface area (Å²) in [6, 6.07) is 7.47. The average Bonchev–Trinajstić information content (AvgIpc) is 2.67. The molecule has 80 valence electrons. The summed E-state index contributed by atoms with van der Waals surface area (Å²) in [6.45, 7) is 0. The first-order valence-electron chi connectivity index (χ1n) is 4.74. The van der Waals surface area contributed by atoms with Crippen LogP contribution in [0.5, 0.6) is 5.75 Å². The minimum atomic E-state index is -0.242. The van der Waals surface area contributed by atoms with E-state index in [1.165, 1.54) is 6.20 Å². The van der Waals surface area contributed by atoms with Gasteiger partial charge in [0, 0.05) is 6.20 Å². The first-order valence-corrected chi connectivity index (χ1v) is 5.55. The Bertz CT molecular complexity index is 730. The van der Waals surface area contributed by atoms with Gasteiger partial charge >= 0.3 is 5.69 Å². The van der Waals surface area contributed by atoms with Crippen LogP contribution in [0.25, 0.3) is 15.0 Å². The Morgan fingerprint density at radius 2 is 2.25 bits per heavy atom. The van der Waals surface area contributed by atoms with Crippen molar-refractivity contribution in [2.75, 3.05) is 7.11 Å². The molecular weight excluding hydrogens is 224 g/mol. The highest BCUT2D eigenvalue weighted by molar-refractivity contribution is 7.23. The van der Waals surface area contributed by atoms with Gasteiger partial charge in [-0.15, -0.1) is 11.3 Å². The summed E-state index contributed by atoms with van der Waals surface area (Å²) in [6.07, 6.45) is 1.53. The Morgan fingerprint density at radius 3 is 3.06 bits per heavy atom. The molecule has 2 heterocycles. The fraction of sp³-hybridized carbons (Fsp3) is 0.0909. The molecule has 3 rings (SSSR count). The van der Waals surface area contributed by atoms with Crippen molar-refractivity contribution >= 4 is 26.4 Å². The van der Waals surface area contributed by atoms with E-state index in [1.807, 2.05) is 24.3 Å². The lowest BCUT2D eigenvalue weighted by Gasteiger charge is -1.98. The maximum absolute atomic E-state index is 11.6. The van der Waals surface area contributed by atoms with Crippen LogP contribution in [0.4, 0.5) is 0 Å². The lowest BCUT2D eigenvalue weighted by Crippen LogP contribution is -2.14. The summed E-state index contributed by atoms with van der Waals surface area (Å²) in [5.74, 6) is 0.792. The number of aromatic nitrogens is 2. The van der Waals surface area contributed by atoms with E-state index in [4.69, 9.17) is 4.74 Å². The van der Waals surface area contributed by atoms with Crippen molar-refractivity contribution in [2.24, 2.45) is 0 Å². The Labute approximate surface area is 94.7 Å². The fourth-order valence-corrected chi connectivity index (χ4v) is 2.75. The third-order valence-electron chi connectivity index (χ3n) is 2.44. The number of rotatable bonds is 1. The smallest absolute Gasteiger partial charge is 0.353 e. The van der Waals surface area contributed by atoms with Crippen LogP contribution in [-0.4, -0.2) is 16.5 Å². The molecule has 0 aliphatic heterocycles. The zero-order valence-electron chi connectivity index (χ0n) is 8.51. The summed E-state index contributed by atoms with van der Waals surface area (Å²) in [7, 11) is 1.63. The van der Waals surface area contributed by atoms with E-state index in [1.54, 1.807) is 22.8 Å². The monoisotopic (exact) mass is 232 g/mol. The summed E-state index contributed by atoms with van der Waals surface area (Å²) in [5.41, 5.74) is 0.632. The van der Waals surface area contributed by atoms with Crippen LogP contribution in [0.2, 0.25) is 0 Å². The normalized spacial score (nSPS) is 11.1. The van der Waals surface area contributed by atoms with Crippen LogP contribution in [0, 0.1) is 0 Å². The molecule has 0 fully saturated rings. The van der Waals surface area contributed by atoms with E-state index in [-0.39, 0.29) is 5.69 Å². The van der Waals surface area contributed by atoms with Crippen molar-refractivity contribution in [2.45, 2.75) is 0 Å². The molecule has 0 atom stereocenters. The van der Waals surface area contributed by atoms with Gasteiger partial charge in [-0.1, -0.05) is 0 Å². The highest BCUT2D eigenvalue weighted by Gasteiger charge is 2.06. The Balaban J connectivity index is 2.52. The fourth-order valence-electron chi connectivity index (χ4n) is 1.69. The Morgan fingerprint density at radius 1 is 1.38 bits per heavy atom. The zero-order chi connectivity index (χ0) is 11.1. The van der Waals surface area contributed by atoms with Crippen LogP contribution in [0.3, 0.4) is 0 Å². The summed E-state index contributed by atoms with van der Waals surface area (Å²) in [5, 5.41) is 0. The van der Waals surface area contributed by atoms with Crippen LogP contribution < -0.4 is 10.4 Å². The molecular formula is C11H8N2O2S. The maximum Gasteiger partial charge on any atom is 0.353 e. The van der Waals surface area contributed by atoms with Gasteiger partial charge in [0.05, 0.1) is 17.3 Å². The zero-order valence-corrected chi connectivity index (χ0v) is 9.32. The van der Waals surface area contributed by atoms with Gasteiger partial charge in [0.1, 0.15) is 10.6 Å². The van der Waals surface area contributed by atoms with Crippen molar-refractivity contribution in [3.63, 3.8) is 0 Å². The second-order valence-electron chi connectivity index (χ2n) is 3.34. The molecule has 0 spiro atoms. The number of hydrogen-bond acceptors (Lipinski definition) is 4. The highest BCUT2D eigenvalue weighted by atomic mass is 32.1. The van der Waals surface area contributed by atoms with Crippen LogP contribution in [-0.2, 0) is 0 Å². The van der Waals surface area contributed by atoms with Gasteiger partial charge in [0.25, 0.3) is 0 Å². The second-order valence-corrected chi connectivity index (χ2v) is 4.40. The largest absolute Gasteiger partial charge is 0.497 e. The molecule has 0 saturated heterocycles. The predicted molar refractivity (Wildman–Crippen MR) is 63.4 cm³/mol. The van der Waals surface area contributed by atoms with Gasteiger partial charge in [-0.05, 0) is 24.3 Å².